The molecule has 0 bridgehead atoms. The lowest BCUT2D eigenvalue weighted by atomic mass is 10.1. The molecule has 116 valence electrons. The van der Waals surface area contributed by atoms with E-state index in [2.05, 4.69) is 9.62 Å². The van der Waals surface area contributed by atoms with Gasteiger partial charge in [-0.2, -0.15) is 0 Å². The summed E-state index contributed by atoms with van der Waals surface area (Å²) in [6.07, 6.45) is 1.69. The Morgan fingerprint density at radius 3 is 2.76 bits per heavy atom. The fourth-order valence-electron chi connectivity index (χ4n) is 2.42. The van der Waals surface area contributed by atoms with Crippen molar-refractivity contribution in [3.8, 4) is 0 Å². The van der Waals surface area contributed by atoms with Crippen LogP contribution in [0.1, 0.15) is 12.8 Å². The highest BCUT2D eigenvalue weighted by Gasteiger charge is 2.25. The Morgan fingerprint density at radius 1 is 1.48 bits per heavy atom. The SMILES string of the molecule is CN1CCCC(NS(=O)(=O)c2ccc([N+](=O)[O-])c(N)c2)C1. The molecular formula is C12H18N4O4S. The number of nitrogens with zero attached hydrogens (tertiary/aromatic N) is 2. The van der Waals surface area contributed by atoms with E-state index in [0.717, 1.165) is 31.5 Å². The van der Waals surface area contributed by atoms with E-state index in [1.54, 1.807) is 0 Å². The van der Waals surface area contributed by atoms with Crippen LogP contribution in [0, 0.1) is 10.1 Å². The number of nitro benzene ring substituents is 1. The summed E-state index contributed by atoms with van der Waals surface area (Å²) in [6.45, 7) is 1.59. The molecule has 3 N–H and O–H groups in total. The van der Waals surface area contributed by atoms with Crippen LogP contribution in [-0.2, 0) is 10.0 Å². The average Bonchev–Trinajstić information content (AvgIpc) is 2.37. The number of nitrogen functional groups attached to an aromatic ring is 1. The highest BCUT2D eigenvalue weighted by molar-refractivity contribution is 7.89. The lowest BCUT2D eigenvalue weighted by molar-refractivity contribution is -0.383. The highest BCUT2D eigenvalue weighted by atomic mass is 32.2. The molecule has 0 aromatic heterocycles. The number of likely N-dealkylation sites (tertiary alicyclic amines) is 1. The maximum atomic E-state index is 12.3. The number of hydrogen-bond acceptors (Lipinski definition) is 6. The molecule has 1 aromatic carbocycles. The maximum absolute atomic E-state index is 12.3. The van der Waals surface area contributed by atoms with Crippen molar-refractivity contribution in [2.75, 3.05) is 25.9 Å². The molecule has 1 aliphatic rings. The number of nitrogens with one attached hydrogen (secondary N) is 1. The monoisotopic (exact) mass is 314 g/mol. The van der Waals surface area contributed by atoms with Gasteiger partial charge in [-0.05, 0) is 38.6 Å². The largest absolute Gasteiger partial charge is 0.393 e. The Labute approximate surface area is 123 Å². The van der Waals surface area contributed by atoms with Gasteiger partial charge < -0.3 is 10.6 Å². The van der Waals surface area contributed by atoms with Crippen molar-refractivity contribution in [3.63, 3.8) is 0 Å². The quantitative estimate of drug-likeness (QED) is 0.476. The molecule has 1 atom stereocenters. The molecule has 0 aliphatic carbocycles. The summed E-state index contributed by atoms with van der Waals surface area (Å²) in [4.78, 5) is 12.0. The molecule has 0 saturated carbocycles. The summed E-state index contributed by atoms with van der Waals surface area (Å²) in [7, 11) is -1.79. The van der Waals surface area contributed by atoms with E-state index < -0.39 is 14.9 Å². The first-order valence-corrected chi connectivity index (χ1v) is 8.03. The highest BCUT2D eigenvalue weighted by Crippen LogP contribution is 2.24. The molecule has 1 fully saturated rings. The molecule has 1 aromatic rings. The van der Waals surface area contributed by atoms with Gasteiger partial charge in [0.15, 0.2) is 0 Å². The van der Waals surface area contributed by atoms with Gasteiger partial charge in [0.1, 0.15) is 5.69 Å². The fraction of sp³-hybridized carbons (Fsp3) is 0.500. The maximum Gasteiger partial charge on any atom is 0.292 e. The molecule has 1 unspecified atom stereocenters. The molecule has 0 amide bonds. The Hall–Kier alpha value is -1.71. The van der Waals surface area contributed by atoms with E-state index in [0.29, 0.717) is 6.54 Å². The zero-order chi connectivity index (χ0) is 15.6. The van der Waals surface area contributed by atoms with E-state index in [9.17, 15) is 18.5 Å². The Kier molecular flexibility index (Phi) is 4.45. The van der Waals surface area contributed by atoms with Crippen LogP contribution >= 0.6 is 0 Å². The minimum absolute atomic E-state index is 0.0566. The molecule has 8 nitrogen and oxygen atoms in total. The van der Waals surface area contributed by atoms with Crippen LogP contribution in [0.3, 0.4) is 0 Å². The Morgan fingerprint density at radius 2 is 2.19 bits per heavy atom. The van der Waals surface area contributed by atoms with Gasteiger partial charge in [-0.1, -0.05) is 0 Å². The van der Waals surface area contributed by atoms with Crippen LogP contribution in [0.4, 0.5) is 11.4 Å². The van der Waals surface area contributed by atoms with Crippen LogP contribution in [0.25, 0.3) is 0 Å². The number of rotatable bonds is 4. The third-order valence-corrected chi connectivity index (χ3v) is 4.97. The fourth-order valence-corrected chi connectivity index (χ4v) is 3.71. The topological polar surface area (TPSA) is 119 Å². The second-order valence-electron chi connectivity index (χ2n) is 5.20. The summed E-state index contributed by atoms with van der Waals surface area (Å²) in [5.74, 6) is 0. The molecule has 21 heavy (non-hydrogen) atoms. The molecule has 2 rings (SSSR count). The van der Waals surface area contributed by atoms with Gasteiger partial charge in [0, 0.05) is 18.7 Å². The predicted octanol–water partition coefficient (Wildman–Crippen LogP) is 0.550. The summed E-state index contributed by atoms with van der Waals surface area (Å²) in [5.41, 5.74) is 5.07. The van der Waals surface area contributed by atoms with Gasteiger partial charge in [0.25, 0.3) is 5.69 Å². The van der Waals surface area contributed by atoms with Crippen molar-refractivity contribution in [2.45, 2.75) is 23.8 Å². The zero-order valence-corrected chi connectivity index (χ0v) is 12.5. The Bertz CT molecular complexity index is 647. The Balaban J connectivity index is 2.19. The summed E-state index contributed by atoms with van der Waals surface area (Å²) in [5, 5.41) is 10.7. The predicted molar refractivity (Wildman–Crippen MR) is 78.3 cm³/mol. The molecule has 1 aliphatic heterocycles. The molecular weight excluding hydrogens is 296 g/mol. The smallest absolute Gasteiger partial charge is 0.292 e. The van der Waals surface area contributed by atoms with Gasteiger partial charge in [-0.25, -0.2) is 13.1 Å². The molecule has 0 radical (unpaired) electrons. The normalized spacial score (nSPS) is 20.3. The minimum atomic E-state index is -3.73. The lowest BCUT2D eigenvalue weighted by Crippen LogP contribution is -2.46. The number of nitrogens with two attached hydrogens (primary N) is 1. The van der Waals surface area contributed by atoms with Crippen molar-refractivity contribution in [2.24, 2.45) is 0 Å². The number of benzene rings is 1. The number of sulfonamides is 1. The van der Waals surface area contributed by atoms with Crippen molar-refractivity contribution in [3.05, 3.63) is 28.3 Å². The van der Waals surface area contributed by atoms with Crippen LogP contribution in [0.15, 0.2) is 23.1 Å². The summed E-state index contributed by atoms with van der Waals surface area (Å²) < 4.78 is 27.2. The third kappa shape index (κ3) is 3.69. The second kappa shape index (κ2) is 5.96. The molecule has 1 saturated heterocycles. The zero-order valence-electron chi connectivity index (χ0n) is 11.7. The first kappa shape index (κ1) is 15.7. The van der Waals surface area contributed by atoms with Crippen LogP contribution in [0.2, 0.25) is 0 Å². The van der Waals surface area contributed by atoms with Crippen LogP contribution in [-0.4, -0.2) is 44.4 Å². The van der Waals surface area contributed by atoms with E-state index in [1.807, 2.05) is 7.05 Å². The first-order valence-electron chi connectivity index (χ1n) is 6.54. The number of likely N-dealkylation sites (N-methyl/N-ethyl adjacent to an activating group) is 1. The number of anilines is 1. The average molecular weight is 314 g/mol. The van der Waals surface area contributed by atoms with E-state index >= 15 is 0 Å². The van der Waals surface area contributed by atoms with Crippen LogP contribution < -0.4 is 10.5 Å². The van der Waals surface area contributed by atoms with Gasteiger partial charge >= 0.3 is 0 Å². The molecule has 9 heteroatoms. The van der Waals surface area contributed by atoms with Crippen LogP contribution in [0.5, 0.6) is 0 Å². The van der Waals surface area contributed by atoms with E-state index in [1.165, 1.54) is 6.07 Å². The molecule has 0 spiro atoms. The number of nitro groups is 1. The number of hydrogen-bond donors (Lipinski definition) is 2. The van der Waals surface area contributed by atoms with Gasteiger partial charge in [-0.3, -0.25) is 10.1 Å². The lowest BCUT2D eigenvalue weighted by Gasteiger charge is -2.29. The second-order valence-corrected chi connectivity index (χ2v) is 6.91. The summed E-state index contributed by atoms with van der Waals surface area (Å²) in [6, 6.07) is 3.26. The van der Waals surface area contributed by atoms with Crippen molar-refractivity contribution in [1.29, 1.82) is 0 Å². The van der Waals surface area contributed by atoms with Crippen molar-refractivity contribution < 1.29 is 13.3 Å². The standard InChI is InChI=1S/C12H18N4O4S/c1-15-6-2-3-9(8-15)14-21(19,20)10-4-5-12(16(17)18)11(13)7-10/h4-5,7,9,14H,2-3,6,8,13H2,1H3. The first-order chi connectivity index (χ1) is 9.79. The van der Waals surface area contributed by atoms with E-state index in [-0.39, 0.29) is 22.3 Å². The van der Waals surface area contributed by atoms with Gasteiger partial charge in [0.05, 0.1) is 9.82 Å². The van der Waals surface area contributed by atoms with E-state index in [4.69, 9.17) is 5.73 Å². The van der Waals surface area contributed by atoms with Gasteiger partial charge in [0.2, 0.25) is 10.0 Å². The third-order valence-electron chi connectivity index (χ3n) is 3.45. The minimum Gasteiger partial charge on any atom is -0.393 e. The summed E-state index contributed by atoms with van der Waals surface area (Å²) >= 11 is 0. The van der Waals surface area contributed by atoms with Gasteiger partial charge in [-0.15, -0.1) is 0 Å². The number of piperidine rings is 1. The van der Waals surface area contributed by atoms with Crippen molar-refractivity contribution in [1.82, 2.24) is 9.62 Å². The molecule has 1 heterocycles. The van der Waals surface area contributed by atoms with Crippen molar-refractivity contribution >= 4 is 21.4 Å².